The average Bonchev–Trinajstić information content (AvgIpc) is 2.24. The van der Waals surface area contributed by atoms with Gasteiger partial charge in [0.1, 0.15) is 5.75 Å². The van der Waals surface area contributed by atoms with E-state index in [0.717, 1.165) is 25.3 Å². The Morgan fingerprint density at radius 1 is 1.12 bits per heavy atom. The lowest BCUT2D eigenvalue weighted by Gasteiger charge is -2.19. The first kappa shape index (κ1) is 13.0. The molecule has 0 saturated carbocycles. The second-order valence-electron chi connectivity index (χ2n) is 5.08. The molecule has 0 saturated heterocycles. The second kappa shape index (κ2) is 5.90. The molecule has 1 aromatic carbocycles. The van der Waals surface area contributed by atoms with Crippen molar-refractivity contribution in [1.82, 2.24) is 5.32 Å². The van der Waals surface area contributed by atoms with E-state index in [0.29, 0.717) is 0 Å². The lowest BCUT2D eigenvalue weighted by Crippen LogP contribution is -2.12. The van der Waals surface area contributed by atoms with E-state index in [4.69, 9.17) is 4.74 Å². The van der Waals surface area contributed by atoms with Crippen LogP contribution < -0.4 is 10.1 Å². The number of hydrogen-bond donors (Lipinski definition) is 1. The van der Waals surface area contributed by atoms with Crippen LogP contribution in [0.3, 0.4) is 0 Å². The van der Waals surface area contributed by atoms with Gasteiger partial charge in [-0.3, -0.25) is 0 Å². The van der Waals surface area contributed by atoms with Crippen LogP contribution in [0.15, 0.2) is 24.3 Å². The number of hydrogen-bond acceptors (Lipinski definition) is 2. The summed E-state index contributed by atoms with van der Waals surface area (Å²) in [4.78, 5) is 0. The second-order valence-corrected chi connectivity index (χ2v) is 5.08. The van der Waals surface area contributed by atoms with Gasteiger partial charge in [-0.1, -0.05) is 32.9 Å². The average molecular weight is 221 g/mol. The van der Waals surface area contributed by atoms with Crippen molar-refractivity contribution in [3.63, 3.8) is 0 Å². The molecule has 0 amide bonds. The van der Waals surface area contributed by atoms with E-state index in [9.17, 15) is 0 Å². The molecule has 1 aromatic rings. The molecule has 0 aliphatic heterocycles. The lowest BCUT2D eigenvalue weighted by atomic mass is 9.87. The summed E-state index contributed by atoms with van der Waals surface area (Å²) in [6, 6.07) is 8.40. The molecule has 0 bridgehead atoms. The Hall–Kier alpha value is -1.02. The van der Waals surface area contributed by atoms with Crippen molar-refractivity contribution >= 4 is 0 Å². The molecule has 16 heavy (non-hydrogen) atoms. The molecule has 0 spiro atoms. The highest BCUT2D eigenvalue weighted by molar-refractivity contribution is 5.31. The highest BCUT2D eigenvalue weighted by Crippen LogP contribution is 2.24. The number of nitrogens with one attached hydrogen (secondary N) is 1. The van der Waals surface area contributed by atoms with Gasteiger partial charge in [0.2, 0.25) is 0 Å². The fraction of sp³-hybridized carbons (Fsp3) is 0.571. The summed E-state index contributed by atoms with van der Waals surface area (Å²) >= 11 is 0. The largest absolute Gasteiger partial charge is 0.494 e. The monoisotopic (exact) mass is 221 g/mol. The van der Waals surface area contributed by atoms with E-state index < -0.39 is 0 Å². The summed E-state index contributed by atoms with van der Waals surface area (Å²) < 4.78 is 5.64. The number of ether oxygens (including phenoxy) is 1. The van der Waals surface area contributed by atoms with Gasteiger partial charge in [0, 0.05) is 0 Å². The van der Waals surface area contributed by atoms with Crippen LogP contribution in [0.2, 0.25) is 0 Å². The Morgan fingerprint density at radius 2 is 1.75 bits per heavy atom. The van der Waals surface area contributed by atoms with E-state index in [2.05, 4.69) is 50.4 Å². The third kappa shape index (κ3) is 4.23. The van der Waals surface area contributed by atoms with Crippen LogP contribution >= 0.6 is 0 Å². The van der Waals surface area contributed by atoms with Gasteiger partial charge in [0.05, 0.1) is 6.61 Å². The van der Waals surface area contributed by atoms with Gasteiger partial charge in [-0.05, 0) is 43.1 Å². The van der Waals surface area contributed by atoms with E-state index in [1.54, 1.807) is 0 Å². The molecule has 1 rings (SSSR count). The third-order valence-corrected chi connectivity index (χ3v) is 2.56. The maximum Gasteiger partial charge on any atom is 0.119 e. The first-order chi connectivity index (χ1) is 7.54. The minimum absolute atomic E-state index is 0.213. The molecule has 0 heterocycles. The lowest BCUT2D eigenvalue weighted by molar-refractivity contribution is 0.309. The standard InChI is InChI=1S/C14H23NO/c1-14(2,3)12-6-8-13(9-7-12)16-11-5-10-15-4/h6-9,15H,5,10-11H2,1-4H3. The Balaban J connectivity index is 2.46. The maximum atomic E-state index is 5.64. The summed E-state index contributed by atoms with van der Waals surface area (Å²) in [6.45, 7) is 8.43. The van der Waals surface area contributed by atoms with Crippen LogP contribution in [0, 0.1) is 0 Å². The van der Waals surface area contributed by atoms with Crippen molar-refractivity contribution in [3.8, 4) is 5.75 Å². The molecule has 0 fully saturated rings. The van der Waals surface area contributed by atoms with Crippen molar-refractivity contribution in [2.45, 2.75) is 32.6 Å². The quantitative estimate of drug-likeness (QED) is 0.772. The minimum Gasteiger partial charge on any atom is -0.494 e. The Labute approximate surface area is 99.0 Å². The predicted octanol–water partition coefficient (Wildman–Crippen LogP) is 2.97. The molecule has 0 radical (unpaired) electrons. The zero-order chi connectivity index (χ0) is 12.0. The third-order valence-electron chi connectivity index (χ3n) is 2.56. The van der Waals surface area contributed by atoms with Crippen LogP contribution in [-0.2, 0) is 5.41 Å². The molecular formula is C14H23NO. The summed E-state index contributed by atoms with van der Waals surface area (Å²) in [6.07, 6.45) is 1.04. The van der Waals surface area contributed by atoms with Gasteiger partial charge in [-0.2, -0.15) is 0 Å². The molecule has 0 unspecified atom stereocenters. The predicted molar refractivity (Wildman–Crippen MR) is 69.2 cm³/mol. The highest BCUT2D eigenvalue weighted by Gasteiger charge is 2.12. The van der Waals surface area contributed by atoms with E-state index in [-0.39, 0.29) is 5.41 Å². The molecule has 0 aliphatic rings. The normalized spacial score (nSPS) is 11.5. The van der Waals surface area contributed by atoms with Gasteiger partial charge >= 0.3 is 0 Å². The van der Waals surface area contributed by atoms with Gasteiger partial charge < -0.3 is 10.1 Å². The first-order valence-corrected chi connectivity index (χ1v) is 5.92. The van der Waals surface area contributed by atoms with Crippen LogP contribution in [-0.4, -0.2) is 20.2 Å². The molecule has 0 atom stereocenters. The van der Waals surface area contributed by atoms with Crippen LogP contribution in [0.1, 0.15) is 32.8 Å². The zero-order valence-electron chi connectivity index (χ0n) is 10.8. The highest BCUT2D eigenvalue weighted by atomic mass is 16.5. The zero-order valence-corrected chi connectivity index (χ0v) is 10.8. The van der Waals surface area contributed by atoms with Crippen LogP contribution in [0.25, 0.3) is 0 Å². The van der Waals surface area contributed by atoms with Crippen molar-refractivity contribution in [3.05, 3.63) is 29.8 Å². The molecule has 2 heteroatoms. The SMILES string of the molecule is CNCCCOc1ccc(C(C)(C)C)cc1. The molecule has 90 valence electrons. The van der Waals surface area contributed by atoms with Gasteiger partial charge in [0.15, 0.2) is 0 Å². The number of rotatable bonds is 5. The van der Waals surface area contributed by atoms with Gasteiger partial charge in [0.25, 0.3) is 0 Å². The molecule has 2 nitrogen and oxygen atoms in total. The summed E-state index contributed by atoms with van der Waals surface area (Å²) in [5.74, 6) is 0.962. The van der Waals surface area contributed by atoms with Crippen LogP contribution in [0.5, 0.6) is 5.75 Å². The first-order valence-electron chi connectivity index (χ1n) is 5.92. The molecule has 0 aromatic heterocycles. The molecular weight excluding hydrogens is 198 g/mol. The molecule has 0 aliphatic carbocycles. The van der Waals surface area contributed by atoms with E-state index in [1.807, 2.05) is 7.05 Å². The van der Waals surface area contributed by atoms with Crippen molar-refractivity contribution < 1.29 is 4.74 Å². The summed E-state index contributed by atoms with van der Waals surface area (Å²) in [5.41, 5.74) is 1.56. The fourth-order valence-electron chi connectivity index (χ4n) is 1.49. The number of benzene rings is 1. The van der Waals surface area contributed by atoms with Gasteiger partial charge in [-0.15, -0.1) is 0 Å². The Kier molecular flexibility index (Phi) is 4.81. The van der Waals surface area contributed by atoms with Crippen molar-refractivity contribution in [1.29, 1.82) is 0 Å². The van der Waals surface area contributed by atoms with E-state index >= 15 is 0 Å². The summed E-state index contributed by atoms with van der Waals surface area (Å²) in [7, 11) is 1.96. The fourth-order valence-corrected chi connectivity index (χ4v) is 1.49. The smallest absolute Gasteiger partial charge is 0.119 e. The Bertz CT molecular complexity index is 298. The Morgan fingerprint density at radius 3 is 2.25 bits per heavy atom. The van der Waals surface area contributed by atoms with Crippen molar-refractivity contribution in [2.24, 2.45) is 0 Å². The maximum absolute atomic E-state index is 5.64. The topological polar surface area (TPSA) is 21.3 Å². The summed E-state index contributed by atoms with van der Waals surface area (Å²) in [5, 5.41) is 3.10. The van der Waals surface area contributed by atoms with Gasteiger partial charge in [-0.25, -0.2) is 0 Å². The molecule has 1 N–H and O–H groups in total. The van der Waals surface area contributed by atoms with Crippen molar-refractivity contribution in [2.75, 3.05) is 20.2 Å². The minimum atomic E-state index is 0.213. The van der Waals surface area contributed by atoms with Crippen LogP contribution in [0.4, 0.5) is 0 Å². The van der Waals surface area contributed by atoms with E-state index in [1.165, 1.54) is 5.56 Å².